The highest BCUT2D eigenvalue weighted by Gasteiger charge is 2.35. The molecule has 5 nitrogen and oxygen atoms in total. The van der Waals surface area contributed by atoms with Crippen molar-refractivity contribution in [3.8, 4) is 0 Å². The Morgan fingerprint density at radius 2 is 1.96 bits per heavy atom. The van der Waals surface area contributed by atoms with Gasteiger partial charge in [-0.2, -0.15) is 0 Å². The Morgan fingerprint density at radius 1 is 1.25 bits per heavy atom. The van der Waals surface area contributed by atoms with Crippen molar-refractivity contribution in [3.63, 3.8) is 0 Å². The summed E-state index contributed by atoms with van der Waals surface area (Å²) in [5, 5.41) is 15.2. The molecule has 1 aliphatic heterocycles. The standard InChI is InChI=1S/C19H30N2O3/c1-19(2,3)17-15(9-6-10-24-17)12-21-18(23)20-11-14-7-4-5-8-16(14)13-22/h4-5,7-8,15,17,22H,6,9-13H2,1-3H3,(H2,20,21,23). The van der Waals surface area contributed by atoms with E-state index >= 15 is 0 Å². The summed E-state index contributed by atoms with van der Waals surface area (Å²) in [6, 6.07) is 7.38. The Hall–Kier alpha value is -1.59. The van der Waals surface area contributed by atoms with Crippen molar-refractivity contribution in [1.82, 2.24) is 10.6 Å². The zero-order chi connectivity index (χ0) is 17.6. The molecular formula is C19H30N2O3. The van der Waals surface area contributed by atoms with Gasteiger partial charge < -0.3 is 20.5 Å². The molecule has 5 heteroatoms. The first kappa shape index (κ1) is 18.7. The Morgan fingerprint density at radius 3 is 2.62 bits per heavy atom. The molecular weight excluding hydrogens is 304 g/mol. The molecule has 2 amide bonds. The van der Waals surface area contributed by atoms with Crippen LogP contribution >= 0.6 is 0 Å². The first-order valence-corrected chi connectivity index (χ1v) is 8.72. The normalized spacial score (nSPS) is 21.3. The number of benzene rings is 1. The molecule has 0 bridgehead atoms. The molecule has 0 spiro atoms. The monoisotopic (exact) mass is 334 g/mol. The number of rotatable bonds is 5. The van der Waals surface area contributed by atoms with E-state index in [4.69, 9.17) is 4.74 Å². The van der Waals surface area contributed by atoms with Gasteiger partial charge in [-0.3, -0.25) is 0 Å². The lowest BCUT2D eigenvalue weighted by atomic mass is 9.78. The van der Waals surface area contributed by atoms with Gasteiger partial charge in [0, 0.05) is 25.6 Å². The molecule has 24 heavy (non-hydrogen) atoms. The van der Waals surface area contributed by atoms with E-state index in [0.29, 0.717) is 19.0 Å². The molecule has 3 N–H and O–H groups in total. The zero-order valence-corrected chi connectivity index (χ0v) is 15.0. The number of ether oxygens (including phenoxy) is 1. The van der Waals surface area contributed by atoms with Crippen molar-refractivity contribution in [2.24, 2.45) is 11.3 Å². The van der Waals surface area contributed by atoms with Gasteiger partial charge in [-0.1, -0.05) is 45.0 Å². The Bertz CT molecular complexity index is 540. The lowest BCUT2D eigenvalue weighted by molar-refractivity contribution is -0.0837. The van der Waals surface area contributed by atoms with Gasteiger partial charge in [0.05, 0.1) is 12.7 Å². The van der Waals surface area contributed by atoms with Crippen LogP contribution in [0.3, 0.4) is 0 Å². The number of hydrogen-bond acceptors (Lipinski definition) is 3. The average molecular weight is 334 g/mol. The second-order valence-electron chi connectivity index (χ2n) is 7.55. The Labute approximate surface area is 144 Å². The van der Waals surface area contributed by atoms with Crippen molar-refractivity contribution in [3.05, 3.63) is 35.4 Å². The number of aliphatic hydroxyl groups excluding tert-OH is 1. The van der Waals surface area contributed by atoms with Gasteiger partial charge in [-0.25, -0.2) is 4.79 Å². The number of nitrogens with one attached hydrogen (secondary N) is 2. The maximum Gasteiger partial charge on any atom is 0.315 e. The largest absolute Gasteiger partial charge is 0.392 e. The van der Waals surface area contributed by atoms with Crippen molar-refractivity contribution < 1.29 is 14.6 Å². The van der Waals surface area contributed by atoms with E-state index < -0.39 is 0 Å². The average Bonchev–Trinajstić information content (AvgIpc) is 2.57. The summed E-state index contributed by atoms with van der Waals surface area (Å²) in [5.41, 5.74) is 1.85. The minimum absolute atomic E-state index is 0.0217. The molecule has 1 fully saturated rings. The van der Waals surface area contributed by atoms with E-state index in [1.54, 1.807) is 0 Å². The summed E-state index contributed by atoms with van der Waals surface area (Å²) in [6.45, 7) is 8.36. The highest BCUT2D eigenvalue weighted by molar-refractivity contribution is 5.73. The minimum atomic E-state index is -0.180. The van der Waals surface area contributed by atoms with Crippen molar-refractivity contribution in [2.45, 2.75) is 52.9 Å². The molecule has 1 aromatic rings. The van der Waals surface area contributed by atoms with Crippen LogP contribution in [0.4, 0.5) is 4.79 Å². The van der Waals surface area contributed by atoms with Crippen molar-refractivity contribution in [1.29, 1.82) is 0 Å². The van der Waals surface area contributed by atoms with E-state index in [2.05, 4.69) is 31.4 Å². The maximum absolute atomic E-state index is 12.1. The van der Waals surface area contributed by atoms with Crippen molar-refractivity contribution >= 4 is 6.03 Å². The highest BCUT2D eigenvalue weighted by Crippen LogP contribution is 2.33. The lowest BCUT2D eigenvalue weighted by Crippen LogP contribution is -2.46. The number of urea groups is 1. The number of carbonyl (C=O) groups excluding carboxylic acids is 1. The molecule has 2 rings (SSSR count). The van der Waals surface area contributed by atoms with Crippen LogP contribution < -0.4 is 10.6 Å². The third-order valence-corrected chi connectivity index (χ3v) is 4.55. The quantitative estimate of drug-likeness (QED) is 0.775. The molecule has 2 atom stereocenters. The first-order chi connectivity index (χ1) is 11.4. The molecule has 0 aromatic heterocycles. The third kappa shape index (κ3) is 5.21. The number of amides is 2. The molecule has 0 aliphatic carbocycles. The SMILES string of the molecule is CC(C)(C)C1OCCCC1CNC(=O)NCc1ccccc1CO. The van der Waals surface area contributed by atoms with E-state index in [1.165, 1.54) is 0 Å². The zero-order valence-electron chi connectivity index (χ0n) is 15.0. The molecule has 2 unspecified atom stereocenters. The van der Waals surface area contributed by atoms with Crippen LogP contribution in [0.25, 0.3) is 0 Å². The fourth-order valence-corrected chi connectivity index (χ4v) is 3.36. The van der Waals surface area contributed by atoms with Gasteiger partial charge in [0.1, 0.15) is 0 Å². The van der Waals surface area contributed by atoms with Crippen LogP contribution in [0, 0.1) is 11.3 Å². The van der Waals surface area contributed by atoms with Crippen LogP contribution in [-0.2, 0) is 17.9 Å². The Kier molecular flexibility index (Phi) is 6.63. The lowest BCUT2D eigenvalue weighted by Gasteiger charge is -2.40. The molecule has 0 radical (unpaired) electrons. The third-order valence-electron chi connectivity index (χ3n) is 4.55. The number of aliphatic hydroxyl groups is 1. The van der Waals surface area contributed by atoms with Crippen molar-refractivity contribution in [2.75, 3.05) is 13.2 Å². The molecule has 1 aliphatic rings. The van der Waals surface area contributed by atoms with E-state index in [0.717, 1.165) is 30.6 Å². The fraction of sp³-hybridized carbons (Fsp3) is 0.632. The van der Waals surface area contributed by atoms with Crippen LogP contribution in [0.1, 0.15) is 44.7 Å². The first-order valence-electron chi connectivity index (χ1n) is 8.72. The predicted octanol–water partition coefficient (Wildman–Crippen LogP) is 2.82. The van der Waals surface area contributed by atoms with Crippen LogP contribution in [0.2, 0.25) is 0 Å². The molecule has 1 saturated heterocycles. The second kappa shape index (κ2) is 8.49. The summed E-state index contributed by atoms with van der Waals surface area (Å²) >= 11 is 0. The van der Waals surface area contributed by atoms with Crippen LogP contribution in [0.5, 0.6) is 0 Å². The summed E-state index contributed by atoms with van der Waals surface area (Å²) in [6.07, 6.45) is 2.29. The molecule has 0 saturated carbocycles. The summed E-state index contributed by atoms with van der Waals surface area (Å²) in [4.78, 5) is 12.1. The fourth-order valence-electron chi connectivity index (χ4n) is 3.36. The minimum Gasteiger partial charge on any atom is -0.392 e. The van der Waals surface area contributed by atoms with E-state index in [9.17, 15) is 9.90 Å². The maximum atomic E-state index is 12.1. The van der Waals surface area contributed by atoms with Crippen LogP contribution in [-0.4, -0.2) is 30.4 Å². The topological polar surface area (TPSA) is 70.6 Å². The predicted molar refractivity (Wildman–Crippen MR) is 94.5 cm³/mol. The van der Waals surface area contributed by atoms with Gasteiger partial charge in [0.25, 0.3) is 0 Å². The number of carbonyl (C=O) groups is 1. The molecule has 134 valence electrons. The van der Waals surface area contributed by atoms with Crippen LogP contribution in [0.15, 0.2) is 24.3 Å². The number of hydrogen-bond donors (Lipinski definition) is 3. The van der Waals surface area contributed by atoms with Gasteiger partial charge >= 0.3 is 6.03 Å². The summed E-state index contributed by atoms with van der Waals surface area (Å²) < 4.78 is 5.95. The van der Waals surface area contributed by atoms with Gasteiger partial charge in [-0.05, 0) is 29.4 Å². The summed E-state index contributed by atoms with van der Waals surface area (Å²) in [7, 11) is 0. The van der Waals surface area contributed by atoms with E-state index in [-0.39, 0.29) is 24.2 Å². The molecule has 1 heterocycles. The Balaban J connectivity index is 1.82. The van der Waals surface area contributed by atoms with E-state index in [1.807, 2.05) is 24.3 Å². The highest BCUT2D eigenvalue weighted by atomic mass is 16.5. The second-order valence-corrected chi connectivity index (χ2v) is 7.55. The molecule has 1 aromatic carbocycles. The van der Waals surface area contributed by atoms with Gasteiger partial charge in [0.15, 0.2) is 0 Å². The summed E-state index contributed by atoms with van der Waals surface area (Å²) in [5.74, 6) is 0.342. The van der Waals surface area contributed by atoms with Gasteiger partial charge in [0.2, 0.25) is 0 Å². The smallest absolute Gasteiger partial charge is 0.315 e. The van der Waals surface area contributed by atoms with Gasteiger partial charge in [-0.15, -0.1) is 0 Å².